The lowest BCUT2D eigenvalue weighted by Gasteiger charge is -2.44. The Balaban J connectivity index is 1.77. The Labute approximate surface area is 170 Å². The summed E-state index contributed by atoms with van der Waals surface area (Å²) in [5.74, 6) is 0.252. The lowest BCUT2D eigenvalue weighted by atomic mass is 9.87. The zero-order valence-corrected chi connectivity index (χ0v) is 16.8. The van der Waals surface area contributed by atoms with Gasteiger partial charge in [0.1, 0.15) is 5.75 Å². The summed E-state index contributed by atoms with van der Waals surface area (Å²) in [5.41, 5.74) is 1.37. The summed E-state index contributed by atoms with van der Waals surface area (Å²) in [5, 5.41) is 7.23. The third kappa shape index (κ3) is 5.72. The summed E-state index contributed by atoms with van der Waals surface area (Å²) < 4.78 is 42.8. The van der Waals surface area contributed by atoms with Crippen LogP contribution in [0.4, 0.5) is 13.2 Å². The number of halogens is 3. The molecule has 0 amide bonds. The van der Waals surface area contributed by atoms with Crippen molar-refractivity contribution in [2.45, 2.75) is 37.3 Å². The Morgan fingerprint density at radius 1 is 1.10 bits per heavy atom. The van der Waals surface area contributed by atoms with Crippen LogP contribution in [0.5, 0.6) is 5.75 Å². The van der Waals surface area contributed by atoms with E-state index in [-0.39, 0.29) is 5.75 Å². The van der Waals surface area contributed by atoms with Crippen molar-refractivity contribution in [2.75, 3.05) is 27.2 Å². The first-order valence-corrected chi connectivity index (χ1v) is 9.78. The summed E-state index contributed by atoms with van der Waals surface area (Å²) in [6, 6.07) is 17.4. The summed E-state index contributed by atoms with van der Waals surface area (Å²) in [7, 11) is 4.15. The van der Waals surface area contributed by atoms with Gasteiger partial charge in [-0.2, -0.15) is 13.2 Å². The van der Waals surface area contributed by atoms with Gasteiger partial charge in [-0.15, -0.1) is 0 Å². The average Bonchev–Trinajstić information content (AvgIpc) is 2.71. The van der Waals surface area contributed by atoms with Gasteiger partial charge in [-0.25, -0.2) is 0 Å². The van der Waals surface area contributed by atoms with Crippen molar-refractivity contribution in [1.29, 1.82) is 0 Å². The maximum absolute atomic E-state index is 12.6. The molecule has 158 valence electrons. The number of rotatable bonds is 7. The van der Waals surface area contributed by atoms with Crippen molar-refractivity contribution in [3.05, 3.63) is 65.7 Å². The Morgan fingerprint density at radius 3 is 2.41 bits per heavy atom. The molecule has 2 unspecified atom stereocenters. The second-order valence-electron chi connectivity index (χ2n) is 7.67. The van der Waals surface area contributed by atoms with Gasteiger partial charge in [-0.3, -0.25) is 10.6 Å². The number of ether oxygens (including phenoxy) is 1. The second-order valence-corrected chi connectivity index (χ2v) is 7.67. The molecule has 1 heterocycles. The van der Waals surface area contributed by atoms with Gasteiger partial charge in [0, 0.05) is 24.7 Å². The average molecular weight is 407 g/mol. The standard InChI is InChI=1S/C22H28F3N3O/c1-28(2)19-12-13-21(27-15-19,18-9-4-3-5-10-18)26-14-17-8-6-7-11-20(17)29-16-22(23,24)25/h3-11,19,26-27H,12-16H2,1-2H3. The number of hydrogen-bond donors (Lipinski definition) is 2. The van der Waals surface area contributed by atoms with Gasteiger partial charge in [-0.1, -0.05) is 48.5 Å². The maximum Gasteiger partial charge on any atom is 0.422 e. The Morgan fingerprint density at radius 2 is 1.79 bits per heavy atom. The fourth-order valence-corrected chi connectivity index (χ4v) is 3.72. The highest BCUT2D eigenvalue weighted by Crippen LogP contribution is 2.30. The molecule has 0 radical (unpaired) electrons. The van der Waals surface area contributed by atoms with Gasteiger partial charge in [0.25, 0.3) is 0 Å². The SMILES string of the molecule is CN(C)C1CCC(NCc2ccccc2OCC(F)(F)F)(c2ccccc2)NC1. The van der Waals surface area contributed by atoms with Crippen molar-refractivity contribution in [1.82, 2.24) is 15.5 Å². The molecule has 1 aliphatic rings. The molecule has 2 N–H and O–H groups in total. The van der Waals surface area contributed by atoms with E-state index in [1.54, 1.807) is 18.2 Å². The molecule has 0 aromatic heterocycles. The van der Waals surface area contributed by atoms with Crippen molar-refractivity contribution in [3.8, 4) is 5.75 Å². The van der Waals surface area contributed by atoms with E-state index in [0.717, 1.165) is 24.9 Å². The molecule has 0 aliphatic carbocycles. The quantitative estimate of drug-likeness (QED) is 0.730. The topological polar surface area (TPSA) is 36.5 Å². The summed E-state index contributed by atoms with van der Waals surface area (Å²) >= 11 is 0. The zero-order valence-electron chi connectivity index (χ0n) is 16.8. The van der Waals surface area contributed by atoms with Crippen LogP contribution >= 0.6 is 0 Å². The third-order valence-corrected chi connectivity index (χ3v) is 5.43. The molecule has 3 rings (SSSR count). The Hall–Kier alpha value is -2.09. The molecule has 4 nitrogen and oxygen atoms in total. The number of alkyl halides is 3. The monoisotopic (exact) mass is 407 g/mol. The molecule has 7 heteroatoms. The predicted octanol–water partition coefficient (Wildman–Crippen LogP) is 3.88. The van der Waals surface area contributed by atoms with E-state index in [1.165, 1.54) is 0 Å². The molecule has 2 aromatic carbocycles. The Bertz CT molecular complexity index is 772. The van der Waals surface area contributed by atoms with Gasteiger partial charge in [0.15, 0.2) is 6.61 Å². The van der Waals surface area contributed by atoms with Crippen LogP contribution in [0, 0.1) is 0 Å². The van der Waals surface area contributed by atoms with Crippen molar-refractivity contribution in [3.63, 3.8) is 0 Å². The Kier molecular flexibility index (Phi) is 6.82. The number of hydrogen-bond acceptors (Lipinski definition) is 4. The molecule has 29 heavy (non-hydrogen) atoms. The van der Waals surface area contributed by atoms with Crippen molar-refractivity contribution < 1.29 is 17.9 Å². The highest BCUT2D eigenvalue weighted by Gasteiger charge is 2.37. The van der Waals surface area contributed by atoms with Crippen molar-refractivity contribution >= 4 is 0 Å². The molecule has 2 aromatic rings. The molecule has 0 bridgehead atoms. The predicted molar refractivity (Wildman–Crippen MR) is 108 cm³/mol. The fraction of sp³-hybridized carbons (Fsp3) is 0.455. The number of nitrogens with one attached hydrogen (secondary N) is 2. The second kappa shape index (κ2) is 9.15. The number of benzene rings is 2. The van der Waals surface area contributed by atoms with Crippen LogP contribution in [0.2, 0.25) is 0 Å². The third-order valence-electron chi connectivity index (χ3n) is 5.43. The van der Waals surface area contributed by atoms with Crippen LogP contribution in [0.15, 0.2) is 54.6 Å². The van der Waals surface area contributed by atoms with Gasteiger partial charge in [0.2, 0.25) is 0 Å². The van der Waals surface area contributed by atoms with Crippen LogP contribution in [0.1, 0.15) is 24.0 Å². The van der Waals surface area contributed by atoms with E-state index in [4.69, 9.17) is 4.74 Å². The molecule has 0 spiro atoms. The lowest BCUT2D eigenvalue weighted by molar-refractivity contribution is -0.153. The highest BCUT2D eigenvalue weighted by molar-refractivity contribution is 5.34. The van der Waals surface area contributed by atoms with E-state index < -0.39 is 18.4 Å². The molecular formula is C22H28F3N3O. The van der Waals surface area contributed by atoms with E-state index in [2.05, 4.69) is 41.8 Å². The van der Waals surface area contributed by atoms with Crippen LogP contribution in [0.3, 0.4) is 0 Å². The summed E-state index contributed by atoms with van der Waals surface area (Å²) in [6.45, 7) is -0.0831. The molecule has 1 fully saturated rings. The van der Waals surface area contributed by atoms with Gasteiger partial charge < -0.3 is 9.64 Å². The lowest BCUT2D eigenvalue weighted by Crippen LogP contribution is -2.60. The minimum Gasteiger partial charge on any atom is -0.484 e. The largest absolute Gasteiger partial charge is 0.484 e. The first kappa shape index (κ1) is 21.6. The van der Waals surface area contributed by atoms with E-state index >= 15 is 0 Å². The first-order chi connectivity index (χ1) is 13.8. The molecular weight excluding hydrogens is 379 g/mol. The number of nitrogens with zero attached hydrogens (tertiary/aromatic N) is 1. The van der Waals surface area contributed by atoms with Crippen LogP contribution in [-0.2, 0) is 12.2 Å². The normalized spacial score (nSPS) is 22.6. The summed E-state index contributed by atoms with van der Waals surface area (Å²) in [4.78, 5) is 2.21. The molecule has 1 saturated heterocycles. The smallest absolute Gasteiger partial charge is 0.422 e. The van der Waals surface area contributed by atoms with E-state index in [1.807, 2.05) is 24.3 Å². The number of likely N-dealkylation sites (N-methyl/N-ethyl adjacent to an activating group) is 1. The summed E-state index contributed by atoms with van der Waals surface area (Å²) in [6.07, 6.45) is -2.49. The van der Waals surface area contributed by atoms with Gasteiger partial charge >= 0.3 is 6.18 Å². The van der Waals surface area contributed by atoms with Gasteiger partial charge in [0.05, 0.1) is 5.66 Å². The first-order valence-electron chi connectivity index (χ1n) is 9.78. The zero-order chi connectivity index (χ0) is 20.9. The molecule has 2 atom stereocenters. The molecule has 0 saturated carbocycles. The van der Waals surface area contributed by atoms with E-state index in [9.17, 15) is 13.2 Å². The fourth-order valence-electron chi connectivity index (χ4n) is 3.72. The molecule has 1 aliphatic heterocycles. The number of para-hydroxylation sites is 1. The number of piperidine rings is 1. The highest BCUT2D eigenvalue weighted by atomic mass is 19.4. The van der Waals surface area contributed by atoms with E-state index in [0.29, 0.717) is 18.2 Å². The van der Waals surface area contributed by atoms with Crippen LogP contribution in [0.25, 0.3) is 0 Å². The van der Waals surface area contributed by atoms with Crippen LogP contribution < -0.4 is 15.4 Å². The van der Waals surface area contributed by atoms with Crippen LogP contribution in [-0.4, -0.2) is 44.4 Å². The van der Waals surface area contributed by atoms with Crippen molar-refractivity contribution in [2.24, 2.45) is 0 Å². The van der Waals surface area contributed by atoms with Gasteiger partial charge in [-0.05, 0) is 38.6 Å². The minimum atomic E-state index is -4.36. The maximum atomic E-state index is 12.6. The minimum absolute atomic E-state index is 0.252.